The first-order valence-corrected chi connectivity index (χ1v) is 4.80. The molecule has 0 aromatic heterocycles. The molecule has 0 aromatic rings. The quantitative estimate of drug-likeness (QED) is 0.666. The standard InChI is InChI=1S/C10H19NO2/c1-8(12)5-6-9-7-13-10(2,3)11(9)4/h9H,5-7H2,1-4H3/t9-/m0/s1. The van der Waals surface area contributed by atoms with E-state index in [1.807, 2.05) is 0 Å². The predicted molar refractivity (Wildman–Crippen MR) is 51.5 cm³/mol. The maximum Gasteiger partial charge on any atom is 0.129 e. The van der Waals surface area contributed by atoms with E-state index >= 15 is 0 Å². The fourth-order valence-corrected chi connectivity index (χ4v) is 1.60. The van der Waals surface area contributed by atoms with Crippen LogP contribution in [0.25, 0.3) is 0 Å². The minimum Gasteiger partial charge on any atom is -0.359 e. The Morgan fingerprint density at radius 3 is 2.62 bits per heavy atom. The fraction of sp³-hybridized carbons (Fsp3) is 0.900. The number of Topliss-reactive ketones (excluding diaryl/α,β-unsaturated/α-hetero) is 1. The molecular formula is C10H19NO2. The van der Waals surface area contributed by atoms with Gasteiger partial charge in [-0.25, -0.2) is 0 Å². The van der Waals surface area contributed by atoms with Crippen LogP contribution in [0.2, 0.25) is 0 Å². The summed E-state index contributed by atoms with van der Waals surface area (Å²) < 4.78 is 5.61. The molecule has 1 aliphatic heterocycles. The van der Waals surface area contributed by atoms with Crippen molar-refractivity contribution in [1.29, 1.82) is 0 Å². The van der Waals surface area contributed by atoms with Crippen molar-refractivity contribution in [3.8, 4) is 0 Å². The molecule has 0 radical (unpaired) electrons. The molecule has 0 aromatic carbocycles. The molecule has 0 bridgehead atoms. The molecule has 0 N–H and O–H groups in total. The van der Waals surface area contributed by atoms with Gasteiger partial charge in [-0.05, 0) is 34.2 Å². The van der Waals surface area contributed by atoms with Crippen LogP contribution in [0, 0.1) is 0 Å². The first kappa shape index (κ1) is 10.7. The Bertz CT molecular complexity index is 201. The van der Waals surface area contributed by atoms with Crippen LogP contribution in [0.5, 0.6) is 0 Å². The van der Waals surface area contributed by atoms with Crippen LogP contribution in [0.15, 0.2) is 0 Å². The summed E-state index contributed by atoms with van der Waals surface area (Å²) >= 11 is 0. The lowest BCUT2D eigenvalue weighted by molar-refractivity contribution is -0.117. The zero-order chi connectivity index (χ0) is 10.1. The molecule has 1 atom stereocenters. The smallest absolute Gasteiger partial charge is 0.129 e. The molecule has 1 saturated heterocycles. The number of hydrogen-bond donors (Lipinski definition) is 0. The molecule has 76 valence electrons. The Balaban J connectivity index is 2.42. The lowest BCUT2D eigenvalue weighted by Gasteiger charge is -2.29. The lowest BCUT2D eigenvalue weighted by atomic mass is 10.1. The van der Waals surface area contributed by atoms with E-state index in [2.05, 4.69) is 25.8 Å². The van der Waals surface area contributed by atoms with E-state index in [9.17, 15) is 4.79 Å². The Morgan fingerprint density at radius 1 is 1.62 bits per heavy atom. The summed E-state index contributed by atoms with van der Waals surface area (Å²) in [6.07, 6.45) is 1.57. The SMILES string of the molecule is CC(=O)CC[C@H]1COC(C)(C)N1C. The van der Waals surface area contributed by atoms with Crippen LogP contribution < -0.4 is 0 Å². The first-order valence-electron chi connectivity index (χ1n) is 4.80. The minimum atomic E-state index is -0.165. The summed E-state index contributed by atoms with van der Waals surface area (Å²) in [5.41, 5.74) is -0.165. The second-order valence-corrected chi connectivity index (χ2v) is 4.26. The van der Waals surface area contributed by atoms with Gasteiger partial charge < -0.3 is 9.53 Å². The van der Waals surface area contributed by atoms with Crippen molar-refractivity contribution in [3.05, 3.63) is 0 Å². The van der Waals surface area contributed by atoms with Crippen LogP contribution in [0.1, 0.15) is 33.6 Å². The molecule has 0 unspecified atom stereocenters. The Hall–Kier alpha value is -0.410. The largest absolute Gasteiger partial charge is 0.359 e. The number of carbonyl (C=O) groups excluding carboxylic acids is 1. The van der Waals surface area contributed by atoms with Crippen molar-refractivity contribution >= 4 is 5.78 Å². The highest BCUT2D eigenvalue weighted by Gasteiger charge is 2.37. The Kier molecular flexibility index (Phi) is 3.09. The molecule has 0 spiro atoms. The molecule has 13 heavy (non-hydrogen) atoms. The average Bonchev–Trinajstić information content (AvgIpc) is 2.25. The maximum atomic E-state index is 10.8. The van der Waals surface area contributed by atoms with Gasteiger partial charge in [-0.1, -0.05) is 0 Å². The van der Waals surface area contributed by atoms with Crippen LogP contribution in [0.4, 0.5) is 0 Å². The van der Waals surface area contributed by atoms with Gasteiger partial charge in [0, 0.05) is 12.5 Å². The van der Waals surface area contributed by atoms with E-state index in [1.54, 1.807) is 6.92 Å². The van der Waals surface area contributed by atoms with E-state index in [0.717, 1.165) is 13.0 Å². The summed E-state index contributed by atoms with van der Waals surface area (Å²) in [4.78, 5) is 13.0. The van der Waals surface area contributed by atoms with E-state index in [1.165, 1.54) is 0 Å². The number of likely N-dealkylation sites (N-methyl/N-ethyl adjacent to an activating group) is 1. The van der Waals surface area contributed by atoms with Crippen molar-refractivity contribution < 1.29 is 9.53 Å². The van der Waals surface area contributed by atoms with Crippen molar-refractivity contribution in [1.82, 2.24) is 4.90 Å². The molecule has 0 saturated carbocycles. The second-order valence-electron chi connectivity index (χ2n) is 4.26. The van der Waals surface area contributed by atoms with Gasteiger partial charge in [0.1, 0.15) is 11.5 Å². The van der Waals surface area contributed by atoms with Gasteiger partial charge in [0.15, 0.2) is 0 Å². The van der Waals surface area contributed by atoms with Gasteiger partial charge >= 0.3 is 0 Å². The molecular weight excluding hydrogens is 166 g/mol. The zero-order valence-corrected chi connectivity index (χ0v) is 8.96. The van der Waals surface area contributed by atoms with Gasteiger partial charge in [0.05, 0.1) is 6.61 Å². The number of hydrogen-bond acceptors (Lipinski definition) is 3. The second kappa shape index (κ2) is 3.76. The summed E-state index contributed by atoms with van der Waals surface area (Å²) in [6.45, 7) is 6.50. The summed E-state index contributed by atoms with van der Waals surface area (Å²) in [5, 5.41) is 0. The Morgan fingerprint density at radius 2 is 2.23 bits per heavy atom. The van der Waals surface area contributed by atoms with E-state index in [-0.39, 0.29) is 11.5 Å². The Labute approximate surface area is 80.1 Å². The number of rotatable bonds is 3. The third-order valence-electron chi connectivity index (χ3n) is 2.86. The van der Waals surface area contributed by atoms with Gasteiger partial charge in [0.25, 0.3) is 0 Å². The highest BCUT2D eigenvalue weighted by atomic mass is 16.5. The van der Waals surface area contributed by atoms with Gasteiger partial charge in [0.2, 0.25) is 0 Å². The highest BCUT2D eigenvalue weighted by Crippen LogP contribution is 2.27. The van der Waals surface area contributed by atoms with Crippen LogP contribution in [-0.4, -0.2) is 36.1 Å². The molecule has 1 heterocycles. The normalized spacial score (nSPS) is 27.8. The molecule has 1 aliphatic rings. The summed E-state index contributed by atoms with van der Waals surface area (Å²) in [6, 6.07) is 0.402. The number of carbonyl (C=O) groups is 1. The van der Waals surface area contributed by atoms with Crippen LogP contribution >= 0.6 is 0 Å². The van der Waals surface area contributed by atoms with E-state index in [4.69, 9.17) is 4.74 Å². The summed E-state index contributed by atoms with van der Waals surface area (Å²) in [5.74, 6) is 0.262. The maximum absolute atomic E-state index is 10.8. The molecule has 0 amide bonds. The predicted octanol–water partition coefficient (Wildman–Crippen LogP) is 1.42. The van der Waals surface area contributed by atoms with E-state index < -0.39 is 0 Å². The van der Waals surface area contributed by atoms with Crippen LogP contribution in [-0.2, 0) is 9.53 Å². The van der Waals surface area contributed by atoms with Gasteiger partial charge in [-0.3, -0.25) is 4.90 Å². The molecule has 1 fully saturated rings. The first-order chi connectivity index (χ1) is 5.93. The minimum absolute atomic E-state index is 0.165. The van der Waals surface area contributed by atoms with Crippen molar-refractivity contribution in [2.45, 2.75) is 45.4 Å². The fourth-order valence-electron chi connectivity index (χ4n) is 1.60. The van der Waals surface area contributed by atoms with E-state index in [0.29, 0.717) is 12.5 Å². The van der Waals surface area contributed by atoms with Crippen molar-refractivity contribution in [2.75, 3.05) is 13.7 Å². The molecule has 0 aliphatic carbocycles. The number of nitrogens with zero attached hydrogens (tertiary/aromatic N) is 1. The molecule has 3 heteroatoms. The lowest BCUT2D eigenvalue weighted by Crippen LogP contribution is -2.40. The highest BCUT2D eigenvalue weighted by molar-refractivity contribution is 5.75. The third-order valence-corrected chi connectivity index (χ3v) is 2.86. The topological polar surface area (TPSA) is 29.5 Å². The average molecular weight is 185 g/mol. The molecule has 1 rings (SSSR count). The van der Waals surface area contributed by atoms with Crippen LogP contribution in [0.3, 0.4) is 0 Å². The van der Waals surface area contributed by atoms with Crippen molar-refractivity contribution in [3.63, 3.8) is 0 Å². The van der Waals surface area contributed by atoms with Gasteiger partial charge in [-0.15, -0.1) is 0 Å². The number of ether oxygens (including phenoxy) is 1. The van der Waals surface area contributed by atoms with Gasteiger partial charge in [-0.2, -0.15) is 0 Å². The van der Waals surface area contributed by atoms with Crippen molar-refractivity contribution in [2.24, 2.45) is 0 Å². The summed E-state index contributed by atoms with van der Waals surface area (Å²) in [7, 11) is 2.05. The monoisotopic (exact) mass is 185 g/mol. The molecule has 3 nitrogen and oxygen atoms in total. The number of ketones is 1. The zero-order valence-electron chi connectivity index (χ0n) is 8.96. The third kappa shape index (κ3) is 2.51.